The third-order valence-electron chi connectivity index (χ3n) is 3.17. The highest BCUT2D eigenvalue weighted by Gasteiger charge is 2.14. The molecule has 0 aliphatic heterocycles. The van der Waals surface area contributed by atoms with Gasteiger partial charge in [-0.05, 0) is 31.4 Å². The third-order valence-corrected chi connectivity index (χ3v) is 4.97. The fourth-order valence-electron chi connectivity index (χ4n) is 2.27. The average molecular weight is 318 g/mol. The van der Waals surface area contributed by atoms with Crippen LogP contribution in [0.4, 0.5) is 11.8 Å². The van der Waals surface area contributed by atoms with Crippen LogP contribution in [0.15, 0.2) is 23.6 Å². The van der Waals surface area contributed by atoms with Gasteiger partial charge in [-0.25, -0.2) is 4.98 Å². The average Bonchev–Trinajstić information content (AvgIpc) is 3.06. The minimum absolute atomic E-state index is 0.708. The summed E-state index contributed by atoms with van der Waals surface area (Å²) in [6.07, 6.45) is 0. The second kappa shape index (κ2) is 5.99. The number of rotatable bonds is 5. The van der Waals surface area contributed by atoms with E-state index in [1.54, 1.807) is 22.7 Å². The maximum atomic E-state index is 4.70. The molecule has 0 radical (unpaired) electrons. The molecule has 0 bridgehead atoms. The summed E-state index contributed by atoms with van der Waals surface area (Å²) in [6.45, 7) is 5.86. The summed E-state index contributed by atoms with van der Waals surface area (Å²) in [5.41, 5.74) is 0. The van der Waals surface area contributed by atoms with E-state index in [4.69, 9.17) is 4.98 Å². The Labute approximate surface area is 132 Å². The lowest BCUT2D eigenvalue weighted by atomic mass is 10.3. The van der Waals surface area contributed by atoms with Gasteiger partial charge in [0.1, 0.15) is 10.6 Å². The zero-order valence-corrected chi connectivity index (χ0v) is 14.0. The molecule has 0 amide bonds. The van der Waals surface area contributed by atoms with Crippen molar-refractivity contribution in [1.29, 1.82) is 0 Å². The Balaban J connectivity index is 2.01. The van der Waals surface area contributed by atoms with E-state index in [-0.39, 0.29) is 0 Å². The highest BCUT2D eigenvalue weighted by atomic mass is 32.1. The van der Waals surface area contributed by atoms with Gasteiger partial charge in [-0.1, -0.05) is 6.07 Å². The van der Waals surface area contributed by atoms with Gasteiger partial charge in [0.2, 0.25) is 5.95 Å². The van der Waals surface area contributed by atoms with Crippen LogP contribution < -0.4 is 10.2 Å². The molecule has 0 aromatic carbocycles. The fourth-order valence-corrected chi connectivity index (χ4v) is 3.90. The van der Waals surface area contributed by atoms with E-state index in [9.17, 15) is 0 Å². The standard InChI is InChI=1S/C15H18N4S2/c1-4-16-15-17-13(12-8-10(2)21-14(12)18-15)19(3)9-11-6-5-7-20-11/h5-8H,4,9H2,1-3H3,(H,16,17,18). The molecule has 0 saturated heterocycles. The fraction of sp³-hybridized carbons (Fsp3) is 0.333. The smallest absolute Gasteiger partial charge is 0.226 e. The topological polar surface area (TPSA) is 41.1 Å². The second-order valence-electron chi connectivity index (χ2n) is 4.91. The van der Waals surface area contributed by atoms with E-state index in [0.717, 1.165) is 29.1 Å². The summed E-state index contributed by atoms with van der Waals surface area (Å²) in [7, 11) is 2.09. The predicted octanol–water partition coefficient (Wildman–Crippen LogP) is 4.13. The van der Waals surface area contributed by atoms with Crippen molar-refractivity contribution in [3.63, 3.8) is 0 Å². The van der Waals surface area contributed by atoms with E-state index in [1.807, 2.05) is 0 Å². The maximum absolute atomic E-state index is 4.70. The number of nitrogens with one attached hydrogen (secondary N) is 1. The summed E-state index contributed by atoms with van der Waals surface area (Å²) in [4.78, 5) is 15.1. The molecule has 0 spiro atoms. The van der Waals surface area contributed by atoms with Crippen LogP contribution in [-0.4, -0.2) is 23.6 Å². The molecular formula is C15H18N4S2. The van der Waals surface area contributed by atoms with Gasteiger partial charge < -0.3 is 10.2 Å². The van der Waals surface area contributed by atoms with Crippen molar-refractivity contribution in [2.45, 2.75) is 20.4 Å². The molecule has 0 saturated carbocycles. The Kier molecular flexibility index (Phi) is 4.07. The van der Waals surface area contributed by atoms with E-state index >= 15 is 0 Å². The van der Waals surface area contributed by atoms with E-state index in [0.29, 0.717) is 5.95 Å². The Morgan fingerprint density at radius 1 is 1.33 bits per heavy atom. The van der Waals surface area contributed by atoms with Crippen LogP contribution in [0.2, 0.25) is 0 Å². The number of anilines is 2. The van der Waals surface area contributed by atoms with Crippen LogP contribution in [-0.2, 0) is 6.54 Å². The molecule has 0 aliphatic rings. The first-order chi connectivity index (χ1) is 10.2. The van der Waals surface area contributed by atoms with Crippen molar-refractivity contribution in [3.8, 4) is 0 Å². The highest BCUT2D eigenvalue weighted by Crippen LogP contribution is 2.32. The Morgan fingerprint density at radius 3 is 2.90 bits per heavy atom. The van der Waals surface area contributed by atoms with Crippen molar-refractivity contribution in [3.05, 3.63) is 33.3 Å². The monoisotopic (exact) mass is 318 g/mol. The molecule has 0 atom stereocenters. The van der Waals surface area contributed by atoms with Gasteiger partial charge in [0.15, 0.2) is 0 Å². The Morgan fingerprint density at radius 2 is 2.19 bits per heavy atom. The molecule has 110 valence electrons. The minimum atomic E-state index is 0.708. The lowest BCUT2D eigenvalue weighted by Gasteiger charge is -2.19. The first kappa shape index (κ1) is 14.3. The van der Waals surface area contributed by atoms with Gasteiger partial charge in [0, 0.05) is 23.3 Å². The maximum Gasteiger partial charge on any atom is 0.226 e. The van der Waals surface area contributed by atoms with Crippen LogP contribution in [0.3, 0.4) is 0 Å². The van der Waals surface area contributed by atoms with E-state index < -0.39 is 0 Å². The number of hydrogen-bond acceptors (Lipinski definition) is 6. The van der Waals surface area contributed by atoms with Crippen molar-refractivity contribution in [2.75, 3.05) is 23.8 Å². The molecule has 21 heavy (non-hydrogen) atoms. The van der Waals surface area contributed by atoms with Crippen LogP contribution in [0, 0.1) is 6.92 Å². The third kappa shape index (κ3) is 3.01. The van der Waals surface area contributed by atoms with Crippen LogP contribution >= 0.6 is 22.7 Å². The van der Waals surface area contributed by atoms with Crippen molar-refractivity contribution < 1.29 is 0 Å². The van der Waals surface area contributed by atoms with Crippen LogP contribution in [0.1, 0.15) is 16.7 Å². The van der Waals surface area contributed by atoms with E-state index in [1.165, 1.54) is 9.75 Å². The van der Waals surface area contributed by atoms with Gasteiger partial charge in [-0.2, -0.15) is 4.98 Å². The van der Waals surface area contributed by atoms with Crippen molar-refractivity contribution in [2.24, 2.45) is 0 Å². The number of aromatic nitrogens is 2. The molecular weight excluding hydrogens is 300 g/mol. The van der Waals surface area contributed by atoms with Crippen LogP contribution in [0.5, 0.6) is 0 Å². The van der Waals surface area contributed by atoms with Gasteiger partial charge >= 0.3 is 0 Å². The lowest BCUT2D eigenvalue weighted by Crippen LogP contribution is -2.18. The second-order valence-corrected chi connectivity index (χ2v) is 7.18. The molecule has 0 fully saturated rings. The largest absolute Gasteiger partial charge is 0.354 e. The molecule has 4 nitrogen and oxygen atoms in total. The summed E-state index contributed by atoms with van der Waals surface area (Å²) >= 11 is 3.49. The number of thiophene rings is 2. The first-order valence-electron chi connectivity index (χ1n) is 6.93. The SMILES string of the molecule is CCNc1nc(N(C)Cc2cccs2)c2cc(C)sc2n1. The summed E-state index contributed by atoms with van der Waals surface area (Å²) in [6, 6.07) is 6.42. The van der Waals surface area contributed by atoms with Gasteiger partial charge in [-0.3, -0.25) is 0 Å². The zero-order chi connectivity index (χ0) is 14.8. The minimum Gasteiger partial charge on any atom is -0.354 e. The van der Waals surface area contributed by atoms with Gasteiger partial charge in [0.25, 0.3) is 0 Å². The molecule has 3 heterocycles. The van der Waals surface area contributed by atoms with Crippen molar-refractivity contribution >= 4 is 44.7 Å². The quantitative estimate of drug-likeness (QED) is 0.768. The Hall–Kier alpha value is -1.66. The number of fused-ring (bicyclic) bond motifs is 1. The number of hydrogen-bond donors (Lipinski definition) is 1. The molecule has 3 aromatic heterocycles. The molecule has 3 rings (SSSR count). The normalized spacial score (nSPS) is 11.0. The number of nitrogens with zero attached hydrogens (tertiary/aromatic N) is 3. The molecule has 1 N–H and O–H groups in total. The van der Waals surface area contributed by atoms with Crippen LogP contribution in [0.25, 0.3) is 10.2 Å². The highest BCUT2D eigenvalue weighted by molar-refractivity contribution is 7.18. The molecule has 0 aliphatic carbocycles. The lowest BCUT2D eigenvalue weighted by molar-refractivity contribution is 0.914. The van der Waals surface area contributed by atoms with Crippen molar-refractivity contribution in [1.82, 2.24) is 9.97 Å². The summed E-state index contributed by atoms with van der Waals surface area (Å²) in [5, 5.41) is 6.47. The molecule has 3 aromatic rings. The van der Waals surface area contributed by atoms with Gasteiger partial charge in [-0.15, -0.1) is 22.7 Å². The summed E-state index contributed by atoms with van der Waals surface area (Å²) < 4.78 is 0. The molecule has 0 unspecified atom stereocenters. The van der Waals surface area contributed by atoms with Gasteiger partial charge in [0.05, 0.1) is 11.9 Å². The predicted molar refractivity (Wildman–Crippen MR) is 92.7 cm³/mol. The zero-order valence-electron chi connectivity index (χ0n) is 12.4. The summed E-state index contributed by atoms with van der Waals surface area (Å²) in [5.74, 6) is 1.70. The first-order valence-corrected chi connectivity index (χ1v) is 8.62. The Bertz CT molecular complexity index is 734. The number of aryl methyl sites for hydroxylation is 1. The van der Waals surface area contributed by atoms with E-state index in [2.05, 4.69) is 59.7 Å². The molecule has 6 heteroatoms.